The number of benzene rings is 1. The van der Waals surface area contributed by atoms with Crippen molar-refractivity contribution >= 4 is 41.1 Å². The van der Waals surface area contributed by atoms with Gasteiger partial charge < -0.3 is 14.3 Å². The Bertz CT molecular complexity index is 968. The molecule has 3 rings (SSSR count). The third kappa shape index (κ3) is 4.17. The van der Waals surface area contributed by atoms with Gasteiger partial charge in [0.15, 0.2) is 5.58 Å². The summed E-state index contributed by atoms with van der Waals surface area (Å²) in [4.78, 5) is 26.9. The fourth-order valence-corrected chi connectivity index (χ4v) is 2.64. The Hall–Kier alpha value is -2.51. The van der Waals surface area contributed by atoms with E-state index in [-0.39, 0.29) is 37.1 Å². The maximum atomic E-state index is 11.9. The van der Waals surface area contributed by atoms with E-state index in [1.807, 2.05) is 25.1 Å². The van der Waals surface area contributed by atoms with Crippen LogP contribution in [-0.4, -0.2) is 20.6 Å². The molecule has 7 nitrogen and oxygen atoms in total. The third-order valence-corrected chi connectivity index (χ3v) is 3.97. The van der Waals surface area contributed by atoms with Gasteiger partial charge in [-0.2, -0.15) is 0 Å². The highest BCUT2D eigenvalue weighted by molar-refractivity contribution is 6.32. The standard InChI is InChI=1S/C17H15ClN2O5.ClH/c1-10(12-4-2-3-6-19-12)24-14-9-15-13(8-11(14)18)20(17(23)25-15)7-5-16(21)22;/h2-4,6,8-10H,5,7H2,1H3,(H,21,22);1H. The minimum atomic E-state index is -1.00. The van der Waals surface area contributed by atoms with Crippen LogP contribution in [0.2, 0.25) is 5.02 Å². The average molecular weight is 399 g/mol. The van der Waals surface area contributed by atoms with Crippen LogP contribution in [0.3, 0.4) is 0 Å². The van der Waals surface area contributed by atoms with E-state index in [9.17, 15) is 9.59 Å². The summed E-state index contributed by atoms with van der Waals surface area (Å²) in [5.41, 5.74) is 1.44. The number of carbonyl (C=O) groups is 1. The van der Waals surface area contributed by atoms with Gasteiger partial charge in [0.1, 0.15) is 11.9 Å². The highest BCUT2D eigenvalue weighted by atomic mass is 35.5. The predicted molar refractivity (Wildman–Crippen MR) is 98.3 cm³/mol. The van der Waals surface area contributed by atoms with Gasteiger partial charge in [-0.3, -0.25) is 14.3 Å². The molecule has 0 saturated carbocycles. The number of nitrogens with zero attached hydrogens (tertiary/aromatic N) is 2. The highest BCUT2D eigenvalue weighted by Gasteiger charge is 2.16. The number of aliphatic carboxylic acids is 1. The van der Waals surface area contributed by atoms with Crippen molar-refractivity contribution in [1.29, 1.82) is 0 Å². The molecular weight excluding hydrogens is 383 g/mol. The molecule has 0 aliphatic carbocycles. The molecule has 0 aliphatic heterocycles. The molecule has 0 radical (unpaired) electrons. The van der Waals surface area contributed by atoms with Crippen LogP contribution in [-0.2, 0) is 11.3 Å². The number of hydrogen-bond donors (Lipinski definition) is 1. The normalized spacial score (nSPS) is 11.8. The first-order valence-corrected chi connectivity index (χ1v) is 7.96. The van der Waals surface area contributed by atoms with Gasteiger partial charge in [0, 0.05) is 18.8 Å². The molecule has 0 bridgehead atoms. The summed E-state index contributed by atoms with van der Waals surface area (Å²) in [7, 11) is 0. The number of pyridine rings is 1. The molecule has 3 aromatic rings. The fourth-order valence-electron chi connectivity index (χ4n) is 2.44. The topological polar surface area (TPSA) is 94.6 Å². The molecule has 0 aliphatic rings. The summed E-state index contributed by atoms with van der Waals surface area (Å²) in [6.07, 6.45) is 1.12. The van der Waals surface area contributed by atoms with Crippen LogP contribution in [0.4, 0.5) is 0 Å². The molecule has 1 atom stereocenters. The summed E-state index contributed by atoms with van der Waals surface area (Å²) in [5, 5.41) is 9.08. The van der Waals surface area contributed by atoms with E-state index < -0.39 is 11.7 Å². The lowest BCUT2D eigenvalue weighted by Crippen LogP contribution is -2.16. The van der Waals surface area contributed by atoms with Crippen molar-refractivity contribution in [1.82, 2.24) is 9.55 Å². The van der Waals surface area contributed by atoms with Crippen LogP contribution >= 0.6 is 24.0 Å². The lowest BCUT2D eigenvalue weighted by molar-refractivity contribution is -0.137. The number of hydrogen-bond acceptors (Lipinski definition) is 5. The maximum Gasteiger partial charge on any atom is 0.419 e. The van der Waals surface area contributed by atoms with Crippen LogP contribution in [0, 0.1) is 0 Å². The van der Waals surface area contributed by atoms with Gasteiger partial charge in [-0.25, -0.2) is 4.79 Å². The van der Waals surface area contributed by atoms with Crippen LogP contribution in [0.15, 0.2) is 45.7 Å². The Labute approximate surface area is 159 Å². The molecule has 1 aromatic carbocycles. The van der Waals surface area contributed by atoms with Crippen molar-refractivity contribution in [3.05, 3.63) is 57.8 Å². The number of halogens is 2. The summed E-state index contributed by atoms with van der Waals surface area (Å²) >= 11 is 6.26. The molecule has 2 heterocycles. The van der Waals surface area contributed by atoms with Crippen molar-refractivity contribution < 1.29 is 19.1 Å². The Morgan fingerprint density at radius 3 is 2.85 bits per heavy atom. The van der Waals surface area contributed by atoms with E-state index >= 15 is 0 Å². The van der Waals surface area contributed by atoms with Gasteiger partial charge in [0.2, 0.25) is 0 Å². The molecule has 0 amide bonds. The highest BCUT2D eigenvalue weighted by Crippen LogP contribution is 2.32. The molecule has 0 saturated heterocycles. The Balaban J connectivity index is 0.00000243. The van der Waals surface area contributed by atoms with Gasteiger partial charge in [0.25, 0.3) is 0 Å². The number of rotatable bonds is 6. The summed E-state index contributed by atoms with van der Waals surface area (Å²) in [6, 6.07) is 8.55. The largest absolute Gasteiger partial charge is 0.483 e. The van der Waals surface area contributed by atoms with E-state index in [4.69, 9.17) is 25.9 Å². The predicted octanol–water partition coefficient (Wildman–Crippen LogP) is 3.68. The summed E-state index contributed by atoms with van der Waals surface area (Å²) < 4.78 is 12.2. The molecule has 0 spiro atoms. The van der Waals surface area contributed by atoms with Crippen molar-refractivity contribution in [2.75, 3.05) is 0 Å². The van der Waals surface area contributed by atoms with Gasteiger partial charge in [-0.15, -0.1) is 12.4 Å². The summed E-state index contributed by atoms with van der Waals surface area (Å²) in [6.45, 7) is 1.83. The average Bonchev–Trinajstić information content (AvgIpc) is 2.88. The molecule has 138 valence electrons. The number of carboxylic acids is 1. The molecule has 26 heavy (non-hydrogen) atoms. The van der Waals surface area contributed by atoms with E-state index in [0.717, 1.165) is 5.69 Å². The third-order valence-electron chi connectivity index (χ3n) is 3.68. The Morgan fingerprint density at radius 1 is 1.42 bits per heavy atom. The Kier molecular flexibility index (Phi) is 6.28. The molecule has 9 heteroatoms. The number of oxazole rings is 1. The number of aryl methyl sites for hydroxylation is 1. The summed E-state index contributed by atoms with van der Waals surface area (Å²) in [5.74, 6) is -1.29. The smallest absolute Gasteiger partial charge is 0.419 e. The SMILES string of the molecule is CC(Oc1cc2oc(=O)n(CCC(=O)O)c2cc1Cl)c1ccccn1.Cl. The number of fused-ring (bicyclic) bond motifs is 1. The zero-order valence-electron chi connectivity index (χ0n) is 13.7. The van der Waals surface area contributed by atoms with Gasteiger partial charge in [-0.1, -0.05) is 17.7 Å². The van der Waals surface area contributed by atoms with Crippen molar-refractivity contribution in [3.63, 3.8) is 0 Å². The number of aromatic nitrogens is 2. The van der Waals surface area contributed by atoms with E-state index in [1.165, 1.54) is 16.7 Å². The molecular formula is C17H16Cl2N2O5. The number of carboxylic acid groups (broad SMARTS) is 1. The maximum absolute atomic E-state index is 11.9. The van der Waals surface area contributed by atoms with Gasteiger partial charge in [-0.05, 0) is 25.1 Å². The number of ether oxygens (including phenoxy) is 1. The lowest BCUT2D eigenvalue weighted by Gasteiger charge is -2.15. The second-order valence-electron chi connectivity index (χ2n) is 5.43. The minimum absolute atomic E-state index is 0. The van der Waals surface area contributed by atoms with Crippen molar-refractivity contribution in [2.24, 2.45) is 0 Å². The molecule has 2 aromatic heterocycles. The van der Waals surface area contributed by atoms with Crippen LogP contribution in [0.5, 0.6) is 5.75 Å². The second-order valence-corrected chi connectivity index (χ2v) is 5.84. The van der Waals surface area contributed by atoms with Gasteiger partial charge >= 0.3 is 11.7 Å². The van der Waals surface area contributed by atoms with Crippen molar-refractivity contribution in [2.45, 2.75) is 26.0 Å². The fraction of sp³-hybridized carbons (Fsp3) is 0.235. The van der Waals surface area contributed by atoms with E-state index in [1.54, 1.807) is 6.20 Å². The first-order chi connectivity index (χ1) is 12.0. The molecule has 1 unspecified atom stereocenters. The Morgan fingerprint density at radius 2 is 2.19 bits per heavy atom. The van der Waals surface area contributed by atoms with Crippen LogP contribution < -0.4 is 10.5 Å². The zero-order chi connectivity index (χ0) is 18.0. The minimum Gasteiger partial charge on any atom is -0.483 e. The molecule has 0 fully saturated rings. The van der Waals surface area contributed by atoms with Crippen molar-refractivity contribution in [3.8, 4) is 5.75 Å². The quantitative estimate of drug-likeness (QED) is 0.680. The van der Waals surface area contributed by atoms with Crippen LogP contribution in [0.1, 0.15) is 25.1 Å². The van der Waals surface area contributed by atoms with Gasteiger partial charge in [0.05, 0.1) is 22.7 Å². The first-order valence-electron chi connectivity index (χ1n) is 7.58. The zero-order valence-corrected chi connectivity index (χ0v) is 15.3. The lowest BCUT2D eigenvalue weighted by atomic mass is 10.2. The monoisotopic (exact) mass is 398 g/mol. The first kappa shape index (κ1) is 19.8. The molecule has 1 N–H and O–H groups in total. The van der Waals surface area contributed by atoms with E-state index in [2.05, 4.69) is 4.98 Å². The van der Waals surface area contributed by atoms with E-state index in [0.29, 0.717) is 16.3 Å². The van der Waals surface area contributed by atoms with Crippen LogP contribution in [0.25, 0.3) is 11.1 Å². The second kappa shape index (κ2) is 8.25.